The van der Waals surface area contributed by atoms with Gasteiger partial charge >= 0.3 is 0 Å². The Balaban J connectivity index is 1.73. The van der Waals surface area contributed by atoms with Crippen LogP contribution in [-0.4, -0.2) is 27.7 Å². The third-order valence-corrected chi connectivity index (χ3v) is 4.56. The Bertz CT molecular complexity index is 667. The van der Waals surface area contributed by atoms with Crippen molar-refractivity contribution in [2.75, 3.05) is 6.54 Å². The number of allylic oxidation sites excluding steroid dienone is 3. The number of aromatic nitrogens is 1. The quantitative estimate of drug-likeness (QED) is 0.762. The molecule has 1 spiro atoms. The molecule has 2 aliphatic carbocycles. The molecule has 1 saturated heterocycles. The maximum atomic E-state index is 12.6. The third kappa shape index (κ3) is 1.28. The smallest absolute Gasteiger partial charge is 0.274 e. The van der Waals surface area contributed by atoms with Gasteiger partial charge in [-0.15, -0.1) is 0 Å². The molecule has 1 aromatic heterocycles. The van der Waals surface area contributed by atoms with Crippen molar-refractivity contribution in [1.82, 2.24) is 9.47 Å². The minimum atomic E-state index is -0.0191. The van der Waals surface area contributed by atoms with Gasteiger partial charge in [0.05, 0.1) is 0 Å². The number of likely N-dealkylation sites (tertiary alicyclic amines) is 1. The summed E-state index contributed by atoms with van der Waals surface area (Å²) in [6.45, 7) is 0.730. The lowest BCUT2D eigenvalue weighted by Crippen LogP contribution is -2.32. The molecule has 96 valence electrons. The van der Waals surface area contributed by atoms with Gasteiger partial charge in [0.15, 0.2) is 5.78 Å². The summed E-state index contributed by atoms with van der Waals surface area (Å²) in [6.07, 6.45) is 8.20. The molecule has 0 N–H and O–H groups in total. The standard InChI is InChI=1S/C15H14N2O2/c1-16-6-2-3-12(16)14(19)17-9-10-8-15(10)5-4-11(18)7-13(15)17/h2-7,10H,8-9H2,1H3. The Morgan fingerprint density at radius 2 is 2.32 bits per heavy atom. The lowest BCUT2D eigenvalue weighted by Gasteiger charge is -2.25. The van der Waals surface area contributed by atoms with E-state index in [4.69, 9.17) is 0 Å². The van der Waals surface area contributed by atoms with Crippen molar-refractivity contribution in [3.63, 3.8) is 0 Å². The molecule has 0 radical (unpaired) electrons. The molecule has 2 atom stereocenters. The van der Waals surface area contributed by atoms with E-state index < -0.39 is 0 Å². The Kier molecular flexibility index (Phi) is 1.85. The summed E-state index contributed by atoms with van der Waals surface area (Å²) in [6, 6.07) is 3.68. The molecular weight excluding hydrogens is 240 g/mol. The predicted octanol–water partition coefficient (Wildman–Crippen LogP) is 1.51. The highest BCUT2D eigenvalue weighted by Crippen LogP contribution is 2.65. The number of aryl methyl sites for hydroxylation is 1. The molecule has 2 heterocycles. The van der Waals surface area contributed by atoms with E-state index in [1.54, 1.807) is 17.1 Å². The van der Waals surface area contributed by atoms with Crippen LogP contribution in [0.15, 0.2) is 42.3 Å². The molecule has 1 amide bonds. The number of amides is 1. The molecule has 1 aliphatic heterocycles. The van der Waals surface area contributed by atoms with Crippen molar-refractivity contribution in [2.45, 2.75) is 6.42 Å². The number of hydrogen-bond donors (Lipinski definition) is 0. The molecular formula is C15H14N2O2. The van der Waals surface area contributed by atoms with Crippen LogP contribution in [0.5, 0.6) is 0 Å². The van der Waals surface area contributed by atoms with Crippen LogP contribution in [0.1, 0.15) is 16.9 Å². The van der Waals surface area contributed by atoms with Crippen LogP contribution in [0, 0.1) is 11.3 Å². The zero-order valence-corrected chi connectivity index (χ0v) is 10.7. The highest BCUT2D eigenvalue weighted by atomic mass is 16.2. The molecule has 19 heavy (non-hydrogen) atoms. The second kappa shape index (κ2) is 3.26. The van der Waals surface area contributed by atoms with E-state index in [1.165, 1.54) is 0 Å². The van der Waals surface area contributed by atoms with Crippen molar-refractivity contribution in [3.05, 3.63) is 47.9 Å². The van der Waals surface area contributed by atoms with Gasteiger partial charge in [-0.25, -0.2) is 0 Å². The molecule has 4 nitrogen and oxygen atoms in total. The Labute approximate surface area is 111 Å². The number of piperidine rings is 1. The van der Waals surface area contributed by atoms with E-state index in [2.05, 4.69) is 0 Å². The van der Waals surface area contributed by atoms with Crippen LogP contribution in [0.4, 0.5) is 0 Å². The van der Waals surface area contributed by atoms with Crippen LogP contribution >= 0.6 is 0 Å². The van der Waals surface area contributed by atoms with E-state index in [0.29, 0.717) is 11.6 Å². The molecule has 1 aromatic rings. The van der Waals surface area contributed by atoms with Crippen LogP contribution in [0.3, 0.4) is 0 Å². The lowest BCUT2D eigenvalue weighted by atomic mass is 9.95. The first-order valence-electron chi connectivity index (χ1n) is 6.50. The van der Waals surface area contributed by atoms with E-state index in [0.717, 1.165) is 18.7 Å². The van der Waals surface area contributed by atoms with Gasteiger partial charge in [0, 0.05) is 37.0 Å². The number of ketones is 1. The molecule has 1 saturated carbocycles. The first kappa shape index (κ1) is 10.8. The van der Waals surface area contributed by atoms with E-state index in [1.807, 2.05) is 36.0 Å². The fourth-order valence-corrected chi connectivity index (χ4v) is 3.39. The number of rotatable bonds is 1. The number of carbonyl (C=O) groups is 2. The summed E-state index contributed by atoms with van der Waals surface area (Å²) in [5, 5.41) is 0. The summed E-state index contributed by atoms with van der Waals surface area (Å²) in [5.41, 5.74) is 1.55. The fraction of sp³-hybridized carbons (Fsp3) is 0.333. The van der Waals surface area contributed by atoms with Gasteiger partial charge in [-0.05, 0) is 30.5 Å². The second-order valence-electron chi connectivity index (χ2n) is 5.63. The second-order valence-corrected chi connectivity index (χ2v) is 5.63. The fourth-order valence-electron chi connectivity index (χ4n) is 3.39. The SMILES string of the molecule is Cn1cccc1C(=O)N1CC2CC23C=CC(=O)C=C13. The van der Waals surface area contributed by atoms with Crippen molar-refractivity contribution in [2.24, 2.45) is 18.4 Å². The van der Waals surface area contributed by atoms with E-state index in [9.17, 15) is 9.59 Å². The zero-order chi connectivity index (χ0) is 13.2. The average Bonchev–Trinajstić information content (AvgIpc) is 2.75. The summed E-state index contributed by atoms with van der Waals surface area (Å²) < 4.78 is 1.82. The van der Waals surface area contributed by atoms with Crippen LogP contribution in [0.25, 0.3) is 0 Å². The molecule has 2 unspecified atom stereocenters. The molecule has 4 heteroatoms. The van der Waals surface area contributed by atoms with Crippen molar-refractivity contribution < 1.29 is 9.59 Å². The first-order valence-corrected chi connectivity index (χ1v) is 6.50. The Morgan fingerprint density at radius 3 is 3.05 bits per heavy atom. The minimum absolute atomic E-state index is 0.00609. The van der Waals surface area contributed by atoms with Crippen molar-refractivity contribution in [1.29, 1.82) is 0 Å². The monoisotopic (exact) mass is 254 g/mol. The summed E-state index contributed by atoms with van der Waals surface area (Å²) in [4.78, 5) is 25.9. The van der Waals surface area contributed by atoms with Gasteiger partial charge in [-0.1, -0.05) is 6.08 Å². The summed E-state index contributed by atoms with van der Waals surface area (Å²) in [7, 11) is 1.86. The highest BCUT2D eigenvalue weighted by Gasteiger charge is 2.63. The van der Waals surface area contributed by atoms with Gasteiger partial charge in [0.25, 0.3) is 5.91 Å². The van der Waals surface area contributed by atoms with Crippen LogP contribution < -0.4 is 0 Å². The predicted molar refractivity (Wildman–Crippen MR) is 69.2 cm³/mol. The van der Waals surface area contributed by atoms with Gasteiger partial charge < -0.3 is 9.47 Å². The van der Waals surface area contributed by atoms with E-state index in [-0.39, 0.29) is 17.1 Å². The molecule has 0 aromatic carbocycles. The lowest BCUT2D eigenvalue weighted by molar-refractivity contribution is -0.110. The summed E-state index contributed by atoms with van der Waals surface area (Å²) in [5.74, 6) is 0.471. The third-order valence-electron chi connectivity index (χ3n) is 4.56. The topological polar surface area (TPSA) is 42.3 Å². The van der Waals surface area contributed by atoms with Crippen molar-refractivity contribution >= 4 is 11.7 Å². The van der Waals surface area contributed by atoms with Gasteiger partial charge in [-0.2, -0.15) is 0 Å². The molecule has 0 bridgehead atoms. The largest absolute Gasteiger partial charge is 0.347 e. The number of hydrogen-bond acceptors (Lipinski definition) is 2. The number of carbonyl (C=O) groups excluding carboxylic acids is 2. The van der Waals surface area contributed by atoms with Gasteiger partial charge in [0.2, 0.25) is 0 Å². The van der Waals surface area contributed by atoms with Crippen LogP contribution in [-0.2, 0) is 11.8 Å². The Hall–Kier alpha value is -2.10. The van der Waals surface area contributed by atoms with E-state index >= 15 is 0 Å². The minimum Gasteiger partial charge on any atom is -0.347 e. The molecule has 4 rings (SSSR count). The first-order chi connectivity index (χ1) is 9.12. The van der Waals surface area contributed by atoms with Gasteiger partial charge in [-0.3, -0.25) is 9.59 Å². The highest BCUT2D eigenvalue weighted by molar-refractivity contribution is 6.03. The maximum Gasteiger partial charge on any atom is 0.274 e. The molecule has 3 aliphatic rings. The summed E-state index contributed by atoms with van der Waals surface area (Å²) >= 11 is 0. The van der Waals surface area contributed by atoms with Gasteiger partial charge in [0.1, 0.15) is 5.69 Å². The number of nitrogens with zero attached hydrogens (tertiary/aromatic N) is 2. The average molecular weight is 254 g/mol. The van der Waals surface area contributed by atoms with Crippen LogP contribution in [0.2, 0.25) is 0 Å². The Morgan fingerprint density at radius 1 is 1.47 bits per heavy atom. The zero-order valence-electron chi connectivity index (χ0n) is 10.7. The normalized spacial score (nSPS) is 31.0. The van der Waals surface area contributed by atoms with Crippen molar-refractivity contribution in [3.8, 4) is 0 Å². The maximum absolute atomic E-state index is 12.6. The molecule has 2 fully saturated rings.